The van der Waals surface area contributed by atoms with Crippen molar-refractivity contribution in [2.45, 2.75) is 13.3 Å². The summed E-state index contributed by atoms with van der Waals surface area (Å²) in [5.41, 5.74) is 0.533. The van der Waals surface area contributed by atoms with E-state index in [2.05, 4.69) is 41.5 Å². The molecule has 0 saturated carbocycles. The number of hydrogen-bond donors (Lipinski definition) is 2. The van der Waals surface area contributed by atoms with E-state index in [-0.39, 0.29) is 17.8 Å². The Bertz CT molecular complexity index is 626. The van der Waals surface area contributed by atoms with Gasteiger partial charge >= 0.3 is 6.01 Å². The van der Waals surface area contributed by atoms with Crippen molar-refractivity contribution in [3.05, 3.63) is 28.5 Å². The van der Waals surface area contributed by atoms with Crippen molar-refractivity contribution in [2.75, 3.05) is 24.3 Å². The number of rotatable bonds is 6. The summed E-state index contributed by atoms with van der Waals surface area (Å²) < 4.78 is 19.3. The summed E-state index contributed by atoms with van der Waals surface area (Å²) in [5, 5.41) is 5.75. The molecule has 0 saturated heterocycles. The first-order chi connectivity index (χ1) is 10.1. The van der Waals surface area contributed by atoms with Crippen LogP contribution < -0.4 is 15.4 Å². The number of aromatic nitrogens is 3. The molecule has 2 aromatic rings. The molecule has 21 heavy (non-hydrogen) atoms. The Morgan fingerprint density at radius 1 is 1.24 bits per heavy atom. The quantitative estimate of drug-likeness (QED) is 0.827. The maximum atomic E-state index is 13.5. The summed E-state index contributed by atoms with van der Waals surface area (Å²) in [4.78, 5) is 12.4. The van der Waals surface area contributed by atoms with Crippen LogP contribution in [0.2, 0.25) is 0 Å². The number of anilines is 3. The lowest BCUT2D eigenvalue weighted by Gasteiger charge is -2.09. The van der Waals surface area contributed by atoms with E-state index in [1.54, 1.807) is 19.2 Å². The molecule has 0 aliphatic heterocycles. The van der Waals surface area contributed by atoms with Gasteiger partial charge < -0.3 is 15.4 Å². The van der Waals surface area contributed by atoms with Gasteiger partial charge in [-0.25, -0.2) is 4.39 Å². The molecule has 2 N–H and O–H groups in total. The third-order valence-electron chi connectivity index (χ3n) is 2.45. The van der Waals surface area contributed by atoms with Crippen LogP contribution in [0.15, 0.2) is 22.7 Å². The van der Waals surface area contributed by atoms with Gasteiger partial charge in [0.1, 0.15) is 5.82 Å². The molecule has 0 aliphatic carbocycles. The third kappa shape index (κ3) is 4.25. The zero-order valence-electron chi connectivity index (χ0n) is 11.7. The van der Waals surface area contributed by atoms with Crippen LogP contribution in [0.25, 0.3) is 0 Å². The highest BCUT2D eigenvalue weighted by atomic mass is 79.9. The lowest BCUT2D eigenvalue weighted by atomic mass is 10.3. The predicted molar refractivity (Wildman–Crippen MR) is 82.5 cm³/mol. The lowest BCUT2D eigenvalue weighted by molar-refractivity contribution is 0.292. The van der Waals surface area contributed by atoms with E-state index in [9.17, 15) is 4.39 Å². The fourth-order valence-corrected chi connectivity index (χ4v) is 1.73. The Morgan fingerprint density at radius 2 is 2.00 bits per heavy atom. The van der Waals surface area contributed by atoms with Crippen LogP contribution in [-0.4, -0.2) is 28.6 Å². The van der Waals surface area contributed by atoms with Gasteiger partial charge in [-0.1, -0.05) is 6.92 Å². The largest absolute Gasteiger partial charge is 0.463 e. The van der Waals surface area contributed by atoms with Gasteiger partial charge in [-0.05, 0) is 40.5 Å². The van der Waals surface area contributed by atoms with Crippen molar-refractivity contribution >= 4 is 33.5 Å². The van der Waals surface area contributed by atoms with E-state index in [1.807, 2.05) is 6.92 Å². The minimum absolute atomic E-state index is 0.219. The summed E-state index contributed by atoms with van der Waals surface area (Å²) in [7, 11) is 1.70. The summed E-state index contributed by atoms with van der Waals surface area (Å²) in [6.45, 7) is 2.50. The van der Waals surface area contributed by atoms with E-state index in [4.69, 9.17) is 4.74 Å². The Hall–Kier alpha value is -1.96. The zero-order valence-corrected chi connectivity index (χ0v) is 13.2. The van der Waals surface area contributed by atoms with Crippen molar-refractivity contribution < 1.29 is 9.13 Å². The number of ether oxygens (including phenoxy) is 1. The molecule has 0 bridgehead atoms. The van der Waals surface area contributed by atoms with Gasteiger partial charge in [0.15, 0.2) is 0 Å². The third-order valence-corrected chi connectivity index (χ3v) is 3.09. The molecule has 0 fully saturated rings. The molecule has 0 atom stereocenters. The second-order valence-electron chi connectivity index (χ2n) is 4.12. The topological polar surface area (TPSA) is 72.0 Å². The van der Waals surface area contributed by atoms with Crippen LogP contribution in [0.3, 0.4) is 0 Å². The Balaban J connectivity index is 2.23. The predicted octanol–water partition coefficient (Wildman–Crippen LogP) is 3.35. The minimum atomic E-state index is -0.370. The molecule has 8 heteroatoms. The van der Waals surface area contributed by atoms with E-state index in [0.29, 0.717) is 22.7 Å². The molecular weight excluding hydrogens is 341 g/mol. The first kappa shape index (κ1) is 15.4. The number of nitrogens with one attached hydrogen (secondary N) is 2. The van der Waals surface area contributed by atoms with Gasteiger partial charge in [0, 0.05) is 12.7 Å². The fourth-order valence-electron chi connectivity index (χ4n) is 1.49. The average Bonchev–Trinajstić information content (AvgIpc) is 2.48. The fraction of sp³-hybridized carbons (Fsp3) is 0.308. The molecular formula is C13H15BrFN5O. The molecule has 0 radical (unpaired) electrons. The van der Waals surface area contributed by atoms with E-state index >= 15 is 0 Å². The van der Waals surface area contributed by atoms with E-state index < -0.39 is 0 Å². The van der Waals surface area contributed by atoms with E-state index in [1.165, 1.54) is 6.07 Å². The van der Waals surface area contributed by atoms with Gasteiger partial charge in [0.05, 0.1) is 11.1 Å². The van der Waals surface area contributed by atoms with Crippen LogP contribution in [0.5, 0.6) is 6.01 Å². The van der Waals surface area contributed by atoms with Crippen molar-refractivity contribution in [3.8, 4) is 6.01 Å². The molecule has 2 rings (SSSR count). The maximum absolute atomic E-state index is 13.5. The van der Waals surface area contributed by atoms with Gasteiger partial charge in [0.25, 0.3) is 0 Å². The first-order valence-corrected chi connectivity index (χ1v) is 7.20. The van der Waals surface area contributed by atoms with Gasteiger partial charge in [-0.3, -0.25) is 0 Å². The molecule has 1 heterocycles. The van der Waals surface area contributed by atoms with Crippen molar-refractivity contribution in [1.29, 1.82) is 0 Å². The SMILES string of the molecule is CCCOc1nc(NC)nc(Nc2ccc(Br)c(F)c2)n1. The van der Waals surface area contributed by atoms with Crippen molar-refractivity contribution in [3.63, 3.8) is 0 Å². The average molecular weight is 356 g/mol. The maximum Gasteiger partial charge on any atom is 0.323 e. The first-order valence-electron chi connectivity index (χ1n) is 6.41. The summed E-state index contributed by atoms with van der Waals surface area (Å²) in [6, 6.07) is 4.88. The molecule has 0 unspecified atom stereocenters. The van der Waals surface area contributed by atoms with Crippen molar-refractivity contribution in [1.82, 2.24) is 15.0 Å². The van der Waals surface area contributed by atoms with Crippen molar-refractivity contribution in [2.24, 2.45) is 0 Å². The van der Waals surface area contributed by atoms with Crippen LogP contribution in [0, 0.1) is 5.82 Å². The van der Waals surface area contributed by atoms with Crippen LogP contribution in [0.1, 0.15) is 13.3 Å². The van der Waals surface area contributed by atoms with Gasteiger partial charge in [-0.2, -0.15) is 15.0 Å². The summed E-state index contributed by atoms with van der Waals surface area (Å²) in [5.74, 6) is 0.281. The molecule has 0 amide bonds. The summed E-state index contributed by atoms with van der Waals surface area (Å²) in [6.07, 6.45) is 0.848. The highest BCUT2D eigenvalue weighted by Crippen LogP contribution is 2.22. The van der Waals surface area contributed by atoms with Gasteiger partial charge in [-0.15, -0.1) is 0 Å². The van der Waals surface area contributed by atoms with Gasteiger partial charge in [0.2, 0.25) is 11.9 Å². The highest BCUT2D eigenvalue weighted by molar-refractivity contribution is 9.10. The lowest BCUT2D eigenvalue weighted by Crippen LogP contribution is -2.07. The van der Waals surface area contributed by atoms with Crippen LogP contribution in [-0.2, 0) is 0 Å². The monoisotopic (exact) mass is 355 g/mol. The van der Waals surface area contributed by atoms with Crippen LogP contribution in [0.4, 0.5) is 22.0 Å². The minimum Gasteiger partial charge on any atom is -0.463 e. The number of nitrogens with zero attached hydrogens (tertiary/aromatic N) is 3. The molecule has 0 aliphatic rings. The summed E-state index contributed by atoms with van der Waals surface area (Å²) >= 11 is 3.10. The normalized spacial score (nSPS) is 10.3. The number of benzene rings is 1. The molecule has 1 aromatic heterocycles. The second-order valence-corrected chi connectivity index (χ2v) is 4.97. The number of halogens is 2. The zero-order chi connectivity index (χ0) is 15.2. The number of hydrogen-bond acceptors (Lipinski definition) is 6. The standard InChI is InChI=1S/C13H15BrFN5O/c1-3-6-21-13-19-11(16-2)18-12(20-13)17-8-4-5-9(14)10(15)7-8/h4-5,7H,3,6H2,1-2H3,(H2,16,17,18,19,20). The van der Waals surface area contributed by atoms with E-state index in [0.717, 1.165) is 6.42 Å². The highest BCUT2D eigenvalue weighted by Gasteiger charge is 2.08. The Labute approximate surface area is 130 Å². The smallest absolute Gasteiger partial charge is 0.323 e. The molecule has 1 aromatic carbocycles. The molecule has 0 spiro atoms. The Morgan fingerprint density at radius 3 is 2.67 bits per heavy atom. The molecule has 112 valence electrons. The second kappa shape index (κ2) is 7.16. The Kier molecular flexibility index (Phi) is 5.26. The molecule has 6 nitrogen and oxygen atoms in total. The van der Waals surface area contributed by atoms with Crippen LogP contribution >= 0.6 is 15.9 Å².